The van der Waals surface area contributed by atoms with Gasteiger partial charge in [-0.1, -0.05) is 48.0 Å². The summed E-state index contributed by atoms with van der Waals surface area (Å²) >= 11 is 0. The number of carbonyl (C=O) groups is 1. The van der Waals surface area contributed by atoms with Crippen LogP contribution in [0.25, 0.3) is 0 Å². The maximum atomic E-state index is 12.0. The number of benzene rings is 2. The average Bonchev–Trinajstić information content (AvgIpc) is 2.55. The van der Waals surface area contributed by atoms with E-state index in [0.29, 0.717) is 24.8 Å². The van der Waals surface area contributed by atoms with Gasteiger partial charge in [0.15, 0.2) is 5.78 Å². The Balaban J connectivity index is 1.75. The summed E-state index contributed by atoms with van der Waals surface area (Å²) in [6.07, 6.45) is 1.50. The summed E-state index contributed by atoms with van der Waals surface area (Å²) in [5.74, 6) is 0.0620. The molecule has 0 spiro atoms. The molecule has 0 aromatic heterocycles. The van der Waals surface area contributed by atoms with Gasteiger partial charge in [-0.25, -0.2) is 0 Å². The molecule has 0 heterocycles. The molecule has 0 radical (unpaired) electrons. The highest BCUT2D eigenvalue weighted by Gasteiger charge is 2.14. The van der Waals surface area contributed by atoms with E-state index in [1.165, 1.54) is 12.1 Å². The number of rotatable bonds is 8. The highest BCUT2D eigenvalue weighted by Crippen LogP contribution is 2.14. The van der Waals surface area contributed by atoms with Crippen molar-refractivity contribution >= 4 is 15.9 Å². The van der Waals surface area contributed by atoms with E-state index in [2.05, 4.69) is 0 Å². The Morgan fingerprint density at radius 2 is 1.61 bits per heavy atom. The summed E-state index contributed by atoms with van der Waals surface area (Å²) in [4.78, 5) is 12.1. The van der Waals surface area contributed by atoms with Crippen LogP contribution in [0.4, 0.5) is 0 Å². The third-order valence-corrected chi connectivity index (χ3v) is 4.77. The van der Waals surface area contributed by atoms with Crippen molar-refractivity contribution in [2.75, 3.05) is 6.61 Å². The molecule has 5 heteroatoms. The van der Waals surface area contributed by atoms with Gasteiger partial charge in [0.25, 0.3) is 10.1 Å². The zero-order chi connectivity index (χ0) is 16.7. The molecule has 0 bridgehead atoms. The third kappa shape index (κ3) is 5.30. The molecule has 0 atom stereocenters. The average molecular weight is 332 g/mol. The molecule has 4 nitrogen and oxygen atoms in total. The number of hydrogen-bond donors (Lipinski definition) is 0. The molecule has 2 rings (SSSR count). The highest BCUT2D eigenvalue weighted by atomic mass is 32.2. The van der Waals surface area contributed by atoms with Crippen molar-refractivity contribution in [2.45, 2.75) is 31.1 Å². The van der Waals surface area contributed by atoms with Gasteiger partial charge in [-0.2, -0.15) is 8.42 Å². The second kappa shape index (κ2) is 8.04. The molecule has 0 aliphatic rings. The Kier molecular flexibility index (Phi) is 6.07. The second-order valence-electron chi connectivity index (χ2n) is 5.34. The van der Waals surface area contributed by atoms with Crippen molar-refractivity contribution in [2.24, 2.45) is 0 Å². The second-order valence-corrected chi connectivity index (χ2v) is 6.95. The number of ketones is 1. The lowest BCUT2D eigenvalue weighted by molar-refractivity contribution is 0.0978. The molecule has 122 valence electrons. The fourth-order valence-corrected chi connectivity index (χ4v) is 3.04. The van der Waals surface area contributed by atoms with Crippen molar-refractivity contribution in [1.29, 1.82) is 0 Å². The van der Waals surface area contributed by atoms with Crippen LogP contribution in [0, 0.1) is 6.92 Å². The zero-order valence-electron chi connectivity index (χ0n) is 13.1. The van der Waals surface area contributed by atoms with E-state index < -0.39 is 10.1 Å². The fraction of sp³-hybridized carbons (Fsp3) is 0.278. The van der Waals surface area contributed by atoms with Crippen molar-refractivity contribution < 1.29 is 17.4 Å². The lowest BCUT2D eigenvalue weighted by Crippen LogP contribution is -2.08. The van der Waals surface area contributed by atoms with Gasteiger partial charge in [0.1, 0.15) is 0 Å². The van der Waals surface area contributed by atoms with Gasteiger partial charge in [0.2, 0.25) is 0 Å². The van der Waals surface area contributed by atoms with E-state index in [4.69, 9.17) is 4.18 Å². The topological polar surface area (TPSA) is 60.4 Å². The first-order chi connectivity index (χ1) is 11.0. The van der Waals surface area contributed by atoms with Gasteiger partial charge in [0, 0.05) is 12.0 Å². The van der Waals surface area contributed by atoms with Crippen LogP contribution >= 0.6 is 0 Å². The Morgan fingerprint density at radius 1 is 0.957 bits per heavy atom. The predicted molar refractivity (Wildman–Crippen MR) is 88.9 cm³/mol. The van der Waals surface area contributed by atoms with Crippen LogP contribution < -0.4 is 0 Å². The molecule has 2 aromatic carbocycles. The summed E-state index contributed by atoms with van der Waals surface area (Å²) in [6.45, 7) is 1.97. The van der Waals surface area contributed by atoms with Gasteiger partial charge in [-0.15, -0.1) is 0 Å². The van der Waals surface area contributed by atoms with E-state index in [1.807, 2.05) is 25.1 Å². The molecule has 23 heavy (non-hydrogen) atoms. The van der Waals surface area contributed by atoms with Crippen molar-refractivity contribution in [3.63, 3.8) is 0 Å². The van der Waals surface area contributed by atoms with E-state index in [9.17, 15) is 13.2 Å². The monoisotopic (exact) mass is 332 g/mol. The minimum Gasteiger partial charge on any atom is -0.294 e. The molecule has 0 aliphatic carbocycles. The van der Waals surface area contributed by atoms with E-state index >= 15 is 0 Å². The maximum Gasteiger partial charge on any atom is 0.296 e. The summed E-state index contributed by atoms with van der Waals surface area (Å²) in [5, 5.41) is 0. The first kappa shape index (κ1) is 17.4. The van der Waals surface area contributed by atoms with Gasteiger partial charge in [0.05, 0.1) is 11.5 Å². The SMILES string of the molecule is Cc1ccc(S(=O)(=O)OCCCCC(=O)c2ccccc2)cc1. The van der Waals surface area contributed by atoms with Crippen LogP contribution in [-0.4, -0.2) is 20.8 Å². The number of aryl methyl sites for hydroxylation is 1. The zero-order valence-corrected chi connectivity index (χ0v) is 13.9. The first-order valence-electron chi connectivity index (χ1n) is 7.53. The smallest absolute Gasteiger partial charge is 0.294 e. The fourth-order valence-electron chi connectivity index (χ4n) is 2.10. The molecule has 0 N–H and O–H groups in total. The van der Waals surface area contributed by atoms with Gasteiger partial charge in [-0.05, 0) is 31.9 Å². The summed E-state index contributed by atoms with van der Waals surface area (Å²) in [6, 6.07) is 15.6. The lowest BCUT2D eigenvalue weighted by Gasteiger charge is -2.06. The quantitative estimate of drug-likeness (QED) is 0.419. The molecule has 0 aliphatic heterocycles. The maximum absolute atomic E-state index is 12.0. The van der Waals surface area contributed by atoms with Gasteiger partial charge in [-0.3, -0.25) is 8.98 Å². The van der Waals surface area contributed by atoms with Crippen LogP contribution in [0.1, 0.15) is 35.2 Å². The third-order valence-electron chi connectivity index (χ3n) is 3.44. The number of unbranched alkanes of at least 4 members (excludes halogenated alkanes) is 1. The molecule has 0 unspecified atom stereocenters. The van der Waals surface area contributed by atoms with Crippen molar-refractivity contribution in [1.82, 2.24) is 0 Å². The molecule has 0 saturated heterocycles. The highest BCUT2D eigenvalue weighted by molar-refractivity contribution is 7.86. The molecular formula is C18H20O4S. The Morgan fingerprint density at radius 3 is 2.26 bits per heavy atom. The summed E-state index contributed by atoms with van der Waals surface area (Å²) in [7, 11) is -3.71. The Bertz CT molecular complexity index is 734. The van der Waals surface area contributed by atoms with Crippen LogP contribution in [0.5, 0.6) is 0 Å². The normalized spacial score (nSPS) is 11.3. The van der Waals surface area contributed by atoms with Gasteiger partial charge < -0.3 is 0 Å². The minimum absolute atomic E-state index is 0.0620. The van der Waals surface area contributed by atoms with Crippen molar-refractivity contribution in [3.8, 4) is 0 Å². The Labute approximate surface area is 137 Å². The number of Topliss-reactive ketones (excluding diaryl/α,β-unsaturated/α-hetero) is 1. The standard InChI is InChI=1S/C18H20O4S/c1-15-10-12-17(13-11-15)23(20,21)22-14-6-5-9-18(19)16-7-3-2-4-8-16/h2-4,7-8,10-13H,5-6,9,14H2,1H3. The summed E-state index contributed by atoms with van der Waals surface area (Å²) < 4.78 is 28.9. The predicted octanol–water partition coefficient (Wildman–Crippen LogP) is 3.75. The lowest BCUT2D eigenvalue weighted by atomic mass is 10.1. The van der Waals surface area contributed by atoms with Crippen molar-refractivity contribution in [3.05, 3.63) is 65.7 Å². The molecule has 2 aromatic rings. The van der Waals surface area contributed by atoms with E-state index in [1.54, 1.807) is 24.3 Å². The van der Waals surface area contributed by atoms with Crippen LogP contribution in [0.3, 0.4) is 0 Å². The van der Waals surface area contributed by atoms with E-state index in [-0.39, 0.29) is 17.3 Å². The largest absolute Gasteiger partial charge is 0.296 e. The summed E-state index contributed by atoms with van der Waals surface area (Å²) in [5.41, 5.74) is 1.67. The minimum atomic E-state index is -3.71. The number of hydrogen-bond acceptors (Lipinski definition) is 4. The number of carbonyl (C=O) groups excluding carboxylic acids is 1. The Hall–Kier alpha value is -1.98. The molecular weight excluding hydrogens is 312 g/mol. The molecule has 0 amide bonds. The van der Waals surface area contributed by atoms with Crippen LogP contribution in [0.15, 0.2) is 59.5 Å². The van der Waals surface area contributed by atoms with E-state index in [0.717, 1.165) is 5.56 Å². The first-order valence-corrected chi connectivity index (χ1v) is 8.94. The molecule has 0 saturated carbocycles. The molecule has 0 fully saturated rings. The van der Waals surface area contributed by atoms with Gasteiger partial charge >= 0.3 is 0 Å². The van der Waals surface area contributed by atoms with Crippen LogP contribution in [0.2, 0.25) is 0 Å². The van der Waals surface area contributed by atoms with Crippen LogP contribution in [-0.2, 0) is 14.3 Å².